The average Bonchev–Trinajstić information content (AvgIpc) is 2.22. The van der Waals surface area contributed by atoms with Crippen LogP contribution in [0.15, 0.2) is 12.1 Å². The van der Waals surface area contributed by atoms with Crippen LogP contribution in [0.3, 0.4) is 0 Å². The van der Waals surface area contributed by atoms with Crippen LogP contribution in [0.4, 0.5) is 0 Å². The second-order valence-corrected chi connectivity index (χ2v) is 4.19. The van der Waals surface area contributed by atoms with Crippen LogP contribution in [0.2, 0.25) is 5.02 Å². The average molecular weight is 248 g/mol. The Hall–Kier alpha value is -0.440. The zero-order valence-corrected chi connectivity index (χ0v) is 10.7. The highest BCUT2D eigenvalue weighted by molar-refractivity contribution is 6.31. The van der Waals surface area contributed by atoms with E-state index >= 15 is 0 Å². The molecule has 0 aliphatic rings. The van der Waals surface area contributed by atoms with E-state index in [0.717, 1.165) is 28.4 Å². The standard InChI is InChI=1S/C11H15Cl2NO/c1-8-4-11(15-3)9(5-10(8)13)6-14(2)7-12/h4-5H,6-7H2,1-3H3. The monoisotopic (exact) mass is 247 g/mol. The molecule has 0 unspecified atom stereocenters. The largest absolute Gasteiger partial charge is 0.496 e. The second kappa shape index (κ2) is 5.59. The highest BCUT2D eigenvalue weighted by Crippen LogP contribution is 2.27. The van der Waals surface area contributed by atoms with E-state index in [0.29, 0.717) is 6.00 Å². The van der Waals surface area contributed by atoms with Gasteiger partial charge >= 0.3 is 0 Å². The maximum Gasteiger partial charge on any atom is 0.123 e. The predicted octanol–water partition coefficient (Wildman–Crippen LogP) is 3.29. The number of benzene rings is 1. The molecule has 0 N–H and O–H groups in total. The van der Waals surface area contributed by atoms with E-state index in [2.05, 4.69) is 0 Å². The van der Waals surface area contributed by atoms with Gasteiger partial charge in [-0.05, 0) is 31.7 Å². The Morgan fingerprint density at radius 1 is 1.40 bits per heavy atom. The zero-order valence-electron chi connectivity index (χ0n) is 9.18. The summed E-state index contributed by atoms with van der Waals surface area (Å²) >= 11 is 11.8. The quantitative estimate of drug-likeness (QED) is 0.598. The zero-order chi connectivity index (χ0) is 11.4. The Morgan fingerprint density at radius 2 is 2.07 bits per heavy atom. The van der Waals surface area contributed by atoms with Crippen LogP contribution in [0.5, 0.6) is 5.75 Å². The minimum atomic E-state index is 0.481. The Kier molecular flexibility index (Phi) is 4.71. The van der Waals surface area contributed by atoms with Crippen molar-refractivity contribution in [3.05, 3.63) is 28.3 Å². The van der Waals surface area contributed by atoms with Gasteiger partial charge in [0.1, 0.15) is 5.75 Å². The van der Waals surface area contributed by atoms with E-state index in [1.165, 1.54) is 0 Å². The van der Waals surface area contributed by atoms with Crippen LogP contribution in [-0.2, 0) is 6.54 Å². The Labute approximate surface area is 101 Å². The normalized spacial score (nSPS) is 10.8. The van der Waals surface area contributed by atoms with Gasteiger partial charge in [0.05, 0.1) is 13.1 Å². The number of halogens is 2. The van der Waals surface area contributed by atoms with Gasteiger partial charge in [0, 0.05) is 17.1 Å². The first-order valence-corrected chi connectivity index (χ1v) is 5.57. The first-order chi connectivity index (χ1) is 7.08. The molecule has 0 spiro atoms. The Bertz CT molecular complexity index is 342. The van der Waals surface area contributed by atoms with Crippen molar-refractivity contribution in [1.82, 2.24) is 4.90 Å². The molecule has 2 nitrogen and oxygen atoms in total. The smallest absolute Gasteiger partial charge is 0.123 e. The molecule has 0 saturated heterocycles. The molecule has 0 heterocycles. The van der Waals surface area contributed by atoms with Crippen LogP contribution >= 0.6 is 23.2 Å². The summed E-state index contributed by atoms with van der Waals surface area (Å²) in [6.07, 6.45) is 0. The first-order valence-electron chi connectivity index (χ1n) is 4.66. The molecule has 1 aromatic rings. The van der Waals surface area contributed by atoms with Crippen LogP contribution in [0, 0.1) is 6.92 Å². The summed E-state index contributed by atoms with van der Waals surface area (Å²) in [5.41, 5.74) is 2.07. The summed E-state index contributed by atoms with van der Waals surface area (Å²) in [4.78, 5) is 1.98. The van der Waals surface area contributed by atoms with E-state index in [1.807, 2.05) is 31.0 Å². The van der Waals surface area contributed by atoms with Crippen molar-refractivity contribution >= 4 is 23.2 Å². The van der Waals surface area contributed by atoms with Gasteiger partial charge in [-0.2, -0.15) is 0 Å². The van der Waals surface area contributed by atoms with Crippen molar-refractivity contribution < 1.29 is 4.74 Å². The lowest BCUT2D eigenvalue weighted by molar-refractivity contribution is 0.360. The van der Waals surface area contributed by atoms with E-state index in [4.69, 9.17) is 27.9 Å². The first kappa shape index (κ1) is 12.6. The van der Waals surface area contributed by atoms with E-state index in [1.54, 1.807) is 7.11 Å². The molecular formula is C11H15Cl2NO. The van der Waals surface area contributed by atoms with E-state index in [9.17, 15) is 0 Å². The third-order valence-electron chi connectivity index (χ3n) is 2.21. The van der Waals surface area contributed by atoms with Crippen molar-refractivity contribution in [3.63, 3.8) is 0 Å². The van der Waals surface area contributed by atoms with Crippen LogP contribution in [-0.4, -0.2) is 25.1 Å². The fourth-order valence-corrected chi connectivity index (χ4v) is 1.61. The minimum absolute atomic E-state index is 0.481. The molecule has 15 heavy (non-hydrogen) atoms. The summed E-state index contributed by atoms with van der Waals surface area (Å²) in [7, 11) is 3.60. The molecule has 1 aromatic carbocycles. The molecule has 0 fully saturated rings. The molecule has 0 atom stereocenters. The number of hydrogen-bond acceptors (Lipinski definition) is 2. The summed E-state index contributed by atoms with van der Waals surface area (Å²) in [5.74, 6) is 0.855. The highest BCUT2D eigenvalue weighted by Gasteiger charge is 2.08. The number of methoxy groups -OCH3 is 1. The maximum absolute atomic E-state index is 6.06. The molecular weight excluding hydrogens is 233 g/mol. The van der Waals surface area contributed by atoms with Gasteiger partial charge in [-0.25, -0.2) is 0 Å². The number of nitrogens with zero attached hydrogens (tertiary/aromatic N) is 1. The fraction of sp³-hybridized carbons (Fsp3) is 0.455. The van der Waals surface area contributed by atoms with Gasteiger partial charge in [-0.15, -0.1) is 11.6 Å². The molecule has 1 rings (SSSR count). The van der Waals surface area contributed by atoms with E-state index in [-0.39, 0.29) is 0 Å². The van der Waals surface area contributed by atoms with Gasteiger partial charge in [-0.3, -0.25) is 4.90 Å². The Balaban J connectivity index is 2.99. The molecule has 0 amide bonds. The van der Waals surface area contributed by atoms with Gasteiger partial charge < -0.3 is 4.74 Å². The van der Waals surface area contributed by atoms with Crippen molar-refractivity contribution in [2.45, 2.75) is 13.5 Å². The molecule has 0 aromatic heterocycles. The lowest BCUT2D eigenvalue weighted by Crippen LogP contribution is -2.16. The number of aryl methyl sites for hydroxylation is 1. The molecule has 0 aliphatic heterocycles. The topological polar surface area (TPSA) is 12.5 Å². The molecule has 4 heteroatoms. The summed E-state index contributed by atoms with van der Waals surface area (Å²) in [6, 6.07) is 4.35. The predicted molar refractivity (Wildman–Crippen MR) is 64.9 cm³/mol. The maximum atomic E-state index is 6.06. The fourth-order valence-electron chi connectivity index (χ4n) is 1.34. The third-order valence-corrected chi connectivity index (χ3v) is 3.02. The second-order valence-electron chi connectivity index (χ2n) is 3.55. The van der Waals surface area contributed by atoms with Crippen LogP contribution in [0.1, 0.15) is 11.1 Å². The van der Waals surface area contributed by atoms with Gasteiger partial charge in [-0.1, -0.05) is 11.6 Å². The lowest BCUT2D eigenvalue weighted by atomic mass is 10.1. The van der Waals surface area contributed by atoms with Gasteiger partial charge in [0.15, 0.2) is 0 Å². The highest BCUT2D eigenvalue weighted by atomic mass is 35.5. The van der Waals surface area contributed by atoms with Crippen molar-refractivity contribution in [3.8, 4) is 5.75 Å². The van der Waals surface area contributed by atoms with E-state index < -0.39 is 0 Å². The Morgan fingerprint density at radius 3 is 2.60 bits per heavy atom. The minimum Gasteiger partial charge on any atom is -0.496 e. The van der Waals surface area contributed by atoms with Crippen molar-refractivity contribution in [1.29, 1.82) is 0 Å². The van der Waals surface area contributed by atoms with Gasteiger partial charge in [0.2, 0.25) is 0 Å². The molecule has 0 bridgehead atoms. The summed E-state index contributed by atoms with van der Waals surface area (Å²) in [6.45, 7) is 2.69. The van der Waals surface area contributed by atoms with Crippen molar-refractivity contribution in [2.75, 3.05) is 20.2 Å². The van der Waals surface area contributed by atoms with Crippen LogP contribution < -0.4 is 4.74 Å². The van der Waals surface area contributed by atoms with Crippen molar-refractivity contribution in [2.24, 2.45) is 0 Å². The summed E-state index contributed by atoms with van der Waals surface area (Å²) < 4.78 is 5.30. The number of ether oxygens (including phenoxy) is 1. The van der Waals surface area contributed by atoms with Crippen LogP contribution in [0.25, 0.3) is 0 Å². The molecule has 0 aliphatic carbocycles. The molecule has 0 radical (unpaired) electrons. The summed E-state index contributed by atoms with van der Waals surface area (Å²) in [5, 5.41) is 0.758. The third kappa shape index (κ3) is 3.26. The SMILES string of the molecule is COc1cc(C)c(Cl)cc1CN(C)CCl. The number of alkyl halides is 1. The van der Waals surface area contributed by atoms with Gasteiger partial charge in [0.25, 0.3) is 0 Å². The number of rotatable bonds is 4. The lowest BCUT2D eigenvalue weighted by Gasteiger charge is -2.16. The number of hydrogen-bond donors (Lipinski definition) is 0. The molecule has 84 valence electrons. The molecule has 0 saturated carbocycles.